The Hall–Kier alpha value is -8.58. The Labute approximate surface area is 674 Å². The molecule has 19 heteroatoms. The van der Waals surface area contributed by atoms with Gasteiger partial charge in [-0.1, -0.05) is 288 Å². The fourth-order valence-corrected chi connectivity index (χ4v) is 14.1. The standard InChI is InChI=1S/C50H63NO9.C45H55NO8/c1-7-41-44(59-50(5,6)58-41)40(51-48(52)60-49(2,3)4)29-20-30-42-45(54-32-37-23-14-9-15-24-37)47(56-34-39-27-18-11-19-28-39)46(55-33-38-25-16-10-17-26-38)43(57-42)35-53-31-36-21-12-8-13-22-36;1-3-38(47)42(49)37(46-41(48)4-2)26-17-27-39-43(51-29-34-20-11-6-12-21-34)45(53-31-36-24-15-8-16-25-36)44(52-30-35-22-13-7-14-23-35)40(54-39)32-50-28-33-18-9-5-10-19-33/h8-29,40-47H,7,30-35H2,1-6H3,(H,51,52);5-26,37-40,42-45,47,49H,3-4,27-32H2,1-2H3,(H,46,48)/b29-20+;26-17+/t40-,41+,42+,43?,44-,45?,46-,47-;37-,38+,39+,40?,42-,43?,44-,45-/m00/s1. The van der Waals surface area contributed by atoms with Gasteiger partial charge >= 0.3 is 6.09 Å². The number of nitrogens with one attached hydrogen (secondary N) is 2. The average Bonchev–Trinajstić information content (AvgIpc) is 1.25. The third kappa shape index (κ3) is 28.7. The lowest BCUT2D eigenvalue weighted by molar-refractivity contribution is -0.271. The minimum absolute atomic E-state index is 0.228. The molecule has 3 fully saturated rings. The van der Waals surface area contributed by atoms with E-state index >= 15 is 0 Å². The minimum Gasteiger partial charge on any atom is -0.444 e. The van der Waals surface area contributed by atoms with Gasteiger partial charge in [-0.05, 0) is 105 Å². The van der Waals surface area contributed by atoms with Crippen LogP contribution in [0.2, 0.25) is 0 Å². The number of amides is 2. The molecule has 4 unspecified atom stereocenters. The molecule has 610 valence electrons. The second kappa shape index (κ2) is 46.2. The van der Waals surface area contributed by atoms with Crippen LogP contribution < -0.4 is 10.6 Å². The summed E-state index contributed by atoms with van der Waals surface area (Å²) >= 11 is 0. The van der Waals surface area contributed by atoms with Crippen molar-refractivity contribution in [3.8, 4) is 0 Å². The summed E-state index contributed by atoms with van der Waals surface area (Å²) in [6, 6.07) is 79.0. The van der Waals surface area contributed by atoms with Crippen LogP contribution in [0.1, 0.15) is 132 Å². The minimum atomic E-state index is -1.18. The molecule has 0 aliphatic carbocycles. The van der Waals surface area contributed by atoms with E-state index in [1.807, 2.05) is 290 Å². The molecule has 0 bridgehead atoms. The van der Waals surface area contributed by atoms with Gasteiger partial charge < -0.3 is 82.4 Å². The molecule has 11 rings (SSSR count). The van der Waals surface area contributed by atoms with Crippen molar-refractivity contribution >= 4 is 12.0 Å². The van der Waals surface area contributed by atoms with Gasteiger partial charge in [0, 0.05) is 6.42 Å². The molecule has 0 spiro atoms. The first-order valence-corrected chi connectivity index (χ1v) is 40.2. The molecule has 3 saturated heterocycles. The summed E-state index contributed by atoms with van der Waals surface area (Å²) < 4.78 is 86.0. The van der Waals surface area contributed by atoms with Gasteiger partial charge in [-0.25, -0.2) is 4.79 Å². The fourth-order valence-electron chi connectivity index (χ4n) is 14.1. The van der Waals surface area contributed by atoms with Crippen molar-refractivity contribution in [2.45, 2.75) is 249 Å². The summed E-state index contributed by atoms with van der Waals surface area (Å²) in [5, 5.41) is 27.3. The Morgan fingerprint density at radius 2 is 0.737 bits per heavy atom. The first kappa shape index (κ1) is 87.8. The van der Waals surface area contributed by atoms with Crippen LogP contribution in [0.4, 0.5) is 4.79 Å². The van der Waals surface area contributed by atoms with Crippen molar-refractivity contribution in [3.63, 3.8) is 0 Å². The average molecular weight is 1560 g/mol. The van der Waals surface area contributed by atoms with Crippen molar-refractivity contribution in [1.82, 2.24) is 10.6 Å². The molecule has 3 heterocycles. The quantitative estimate of drug-likeness (QED) is 0.0262. The van der Waals surface area contributed by atoms with Crippen molar-refractivity contribution in [2.75, 3.05) is 13.2 Å². The SMILES string of the molecule is CCC(=O)N[C@@H](/C=C/C[C@H]1OC(COCc2ccccc2)[C@H](OCc2ccccc2)[C@@H](OCc2ccccc2)C1OCc1ccccc1)[C@H](O)[C@H](O)CC.CC[C@H]1OC(C)(C)O[C@H]1[C@H](/C=C/C[C@H]1OC(COCc2ccccc2)[C@H](OCc2ccccc2)[C@@H](OCc2ccccc2)C1OCc1ccccc1)NC(=O)OC(C)(C)C. The molecule has 2 amide bonds. The van der Waals surface area contributed by atoms with Crippen LogP contribution in [0.5, 0.6) is 0 Å². The summed E-state index contributed by atoms with van der Waals surface area (Å²) in [5.41, 5.74) is 7.55. The predicted molar refractivity (Wildman–Crippen MR) is 439 cm³/mol. The second-order valence-corrected chi connectivity index (χ2v) is 30.5. The van der Waals surface area contributed by atoms with Gasteiger partial charge in [0.2, 0.25) is 5.91 Å². The zero-order valence-electron chi connectivity index (χ0n) is 67.3. The van der Waals surface area contributed by atoms with Gasteiger partial charge in [-0.3, -0.25) is 4.79 Å². The monoisotopic (exact) mass is 1560 g/mol. The largest absolute Gasteiger partial charge is 0.444 e. The number of hydrogen-bond acceptors (Lipinski definition) is 17. The van der Waals surface area contributed by atoms with E-state index in [9.17, 15) is 19.8 Å². The smallest absolute Gasteiger partial charge is 0.408 e. The topological polar surface area (TPSA) is 219 Å². The predicted octanol–water partition coefficient (Wildman–Crippen LogP) is 16.2. The third-order valence-electron chi connectivity index (χ3n) is 19.9. The third-order valence-corrected chi connectivity index (χ3v) is 19.9. The van der Waals surface area contributed by atoms with E-state index < -0.39 is 109 Å². The molecule has 0 saturated carbocycles. The maximum Gasteiger partial charge on any atom is 0.408 e. The zero-order chi connectivity index (χ0) is 80.3. The van der Waals surface area contributed by atoms with Crippen LogP contribution in [0.3, 0.4) is 0 Å². The molecule has 0 radical (unpaired) electrons. The molecular formula is C95H118N2O17. The molecule has 16 atom stereocenters. The molecule has 3 aliphatic rings. The van der Waals surface area contributed by atoms with Crippen molar-refractivity contribution < 1.29 is 81.4 Å². The molecule has 8 aromatic rings. The Kier molecular flexibility index (Phi) is 35.6. The number of rotatable bonds is 40. The Morgan fingerprint density at radius 1 is 0.421 bits per heavy atom. The Morgan fingerprint density at radius 3 is 1.05 bits per heavy atom. The van der Waals surface area contributed by atoms with Crippen LogP contribution in [-0.2, 0) is 119 Å². The highest BCUT2D eigenvalue weighted by molar-refractivity contribution is 5.76. The number of carbonyl (C=O) groups excluding carboxylic acids is 2. The molecule has 19 nitrogen and oxygen atoms in total. The number of aliphatic hydroxyl groups excluding tert-OH is 2. The van der Waals surface area contributed by atoms with E-state index in [0.717, 1.165) is 44.5 Å². The summed E-state index contributed by atoms with van der Waals surface area (Å²) in [5.74, 6) is -1.05. The van der Waals surface area contributed by atoms with Crippen molar-refractivity contribution in [1.29, 1.82) is 0 Å². The van der Waals surface area contributed by atoms with Crippen LogP contribution >= 0.6 is 0 Å². The number of aliphatic hydroxyl groups is 2. The van der Waals surface area contributed by atoms with Gasteiger partial charge in [0.15, 0.2) is 5.79 Å². The normalized spacial score (nSPS) is 23.2. The molecule has 4 N–H and O–H groups in total. The molecule has 0 aromatic heterocycles. The highest BCUT2D eigenvalue weighted by Crippen LogP contribution is 2.37. The molecule has 114 heavy (non-hydrogen) atoms. The maximum absolute atomic E-state index is 13.2. The number of ether oxygens (including phenoxy) is 13. The maximum atomic E-state index is 13.2. The van der Waals surface area contributed by atoms with E-state index in [4.69, 9.17) is 61.6 Å². The van der Waals surface area contributed by atoms with E-state index in [1.54, 1.807) is 19.9 Å². The highest BCUT2D eigenvalue weighted by Gasteiger charge is 2.51. The van der Waals surface area contributed by atoms with Gasteiger partial charge in [0.25, 0.3) is 0 Å². The highest BCUT2D eigenvalue weighted by atomic mass is 16.8. The van der Waals surface area contributed by atoms with Crippen LogP contribution in [0.15, 0.2) is 267 Å². The number of carbonyl (C=O) groups is 2. The van der Waals surface area contributed by atoms with Crippen molar-refractivity contribution in [2.24, 2.45) is 0 Å². The van der Waals surface area contributed by atoms with Gasteiger partial charge in [0.05, 0.1) is 103 Å². The van der Waals surface area contributed by atoms with Gasteiger partial charge in [-0.2, -0.15) is 0 Å². The number of benzene rings is 8. The van der Waals surface area contributed by atoms with E-state index in [0.29, 0.717) is 78.5 Å². The number of alkyl carbamates (subject to hydrolysis) is 1. The summed E-state index contributed by atoms with van der Waals surface area (Å²) in [7, 11) is 0. The lowest BCUT2D eigenvalue weighted by atomic mass is 9.92. The number of hydrogen-bond donors (Lipinski definition) is 4. The van der Waals surface area contributed by atoms with Crippen LogP contribution in [0, 0.1) is 0 Å². The summed E-state index contributed by atoms with van der Waals surface area (Å²) in [6.45, 7) is 18.2. The summed E-state index contributed by atoms with van der Waals surface area (Å²) in [6.07, 6.45) is 0.765. The lowest BCUT2D eigenvalue weighted by Crippen LogP contribution is -2.61. The fraction of sp³-hybridized carbons (Fsp3) is 0.432. The zero-order valence-corrected chi connectivity index (χ0v) is 67.3. The van der Waals surface area contributed by atoms with E-state index in [1.165, 1.54) is 0 Å². The van der Waals surface area contributed by atoms with Crippen LogP contribution in [0.25, 0.3) is 0 Å². The van der Waals surface area contributed by atoms with E-state index in [-0.39, 0.29) is 31.6 Å². The molecule has 8 aromatic carbocycles. The second-order valence-electron chi connectivity index (χ2n) is 30.5. The Bertz CT molecular complexity index is 4030. The molecular weight excluding hydrogens is 1440 g/mol. The first-order chi connectivity index (χ1) is 55.4. The Balaban J connectivity index is 0.000000243. The van der Waals surface area contributed by atoms with E-state index in [2.05, 4.69) is 22.8 Å². The first-order valence-electron chi connectivity index (χ1n) is 40.2. The van der Waals surface area contributed by atoms with Gasteiger partial charge in [0.1, 0.15) is 66.6 Å². The lowest BCUT2D eigenvalue weighted by Gasteiger charge is -2.46. The molecule has 3 aliphatic heterocycles. The van der Waals surface area contributed by atoms with Crippen molar-refractivity contribution in [3.05, 3.63) is 311 Å². The van der Waals surface area contributed by atoms with Crippen LogP contribution in [-0.4, -0.2) is 144 Å². The summed E-state index contributed by atoms with van der Waals surface area (Å²) in [4.78, 5) is 25.7. The van der Waals surface area contributed by atoms with Gasteiger partial charge in [-0.15, -0.1) is 0 Å².